The number of esters is 1. The molecule has 0 heterocycles. The van der Waals surface area contributed by atoms with E-state index in [1.165, 1.54) is 7.11 Å². The molecule has 0 aromatic rings. The minimum atomic E-state index is -0.878. The SMILES string of the molecule is CCC(CC)(OCCO)C(=O)OC. The first-order valence-electron chi connectivity index (χ1n) is 4.50. The summed E-state index contributed by atoms with van der Waals surface area (Å²) >= 11 is 0. The van der Waals surface area contributed by atoms with E-state index in [0.29, 0.717) is 12.8 Å². The predicted octanol–water partition coefficient (Wildman–Crippen LogP) is 0.727. The summed E-state index contributed by atoms with van der Waals surface area (Å²) in [4.78, 5) is 11.4. The van der Waals surface area contributed by atoms with E-state index in [1.807, 2.05) is 13.8 Å². The van der Waals surface area contributed by atoms with Gasteiger partial charge >= 0.3 is 5.97 Å². The number of hydrogen-bond acceptors (Lipinski definition) is 4. The van der Waals surface area contributed by atoms with Crippen molar-refractivity contribution in [2.45, 2.75) is 32.3 Å². The second-order valence-electron chi connectivity index (χ2n) is 2.77. The molecule has 0 aliphatic rings. The number of methoxy groups -OCH3 is 1. The van der Waals surface area contributed by atoms with Crippen LogP contribution < -0.4 is 0 Å². The van der Waals surface area contributed by atoms with Crippen molar-refractivity contribution in [1.82, 2.24) is 0 Å². The quantitative estimate of drug-likeness (QED) is 0.627. The number of aliphatic hydroxyl groups excluding tert-OH is 1. The van der Waals surface area contributed by atoms with Crippen molar-refractivity contribution < 1.29 is 19.4 Å². The molecule has 0 amide bonds. The Balaban J connectivity index is 4.39. The maximum Gasteiger partial charge on any atom is 0.338 e. The lowest BCUT2D eigenvalue weighted by atomic mass is 9.97. The Bertz CT molecular complexity index is 152. The number of rotatable bonds is 6. The first kappa shape index (κ1) is 12.4. The van der Waals surface area contributed by atoms with Gasteiger partial charge in [-0.25, -0.2) is 4.79 Å². The van der Waals surface area contributed by atoms with Gasteiger partial charge in [0.05, 0.1) is 20.3 Å². The molecule has 0 aromatic heterocycles. The van der Waals surface area contributed by atoms with Crippen LogP contribution in [0.15, 0.2) is 0 Å². The molecule has 0 radical (unpaired) electrons. The minimum absolute atomic E-state index is 0.0846. The maximum atomic E-state index is 11.4. The molecule has 0 saturated heterocycles. The summed E-state index contributed by atoms with van der Waals surface area (Å²) in [6.07, 6.45) is 1.10. The predicted molar refractivity (Wildman–Crippen MR) is 48.4 cm³/mol. The fourth-order valence-corrected chi connectivity index (χ4v) is 1.23. The zero-order valence-corrected chi connectivity index (χ0v) is 8.50. The smallest absolute Gasteiger partial charge is 0.338 e. The number of carbonyl (C=O) groups is 1. The third-order valence-corrected chi connectivity index (χ3v) is 2.17. The Morgan fingerprint density at radius 3 is 2.23 bits per heavy atom. The molecule has 0 spiro atoms. The van der Waals surface area contributed by atoms with Gasteiger partial charge in [-0.05, 0) is 12.8 Å². The van der Waals surface area contributed by atoms with Crippen LogP contribution in [0.2, 0.25) is 0 Å². The van der Waals surface area contributed by atoms with Crippen molar-refractivity contribution in [3.05, 3.63) is 0 Å². The van der Waals surface area contributed by atoms with Crippen LogP contribution in [0.3, 0.4) is 0 Å². The molecule has 0 unspecified atom stereocenters. The third-order valence-electron chi connectivity index (χ3n) is 2.17. The summed E-state index contributed by atoms with van der Waals surface area (Å²) in [6, 6.07) is 0. The fourth-order valence-electron chi connectivity index (χ4n) is 1.23. The monoisotopic (exact) mass is 190 g/mol. The molecule has 0 fully saturated rings. The molecule has 78 valence electrons. The molecule has 1 N–H and O–H groups in total. The summed E-state index contributed by atoms with van der Waals surface area (Å²) in [5, 5.41) is 8.60. The van der Waals surface area contributed by atoms with Crippen molar-refractivity contribution in [3.63, 3.8) is 0 Å². The highest BCUT2D eigenvalue weighted by atomic mass is 16.6. The van der Waals surface area contributed by atoms with E-state index in [1.54, 1.807) is 0 Å². The molecule has 0 saturated carbocycles. The van der Waals surface area contributed by atoms with Gasteiger partial charge < -0.3 is 14.6 Å². The second kappa shape index (κ2) is 5.94. The lowest BCUT2D eigenvalue weighted by Gasteiger charge is -2.28. The van der Waals surface area contributed by atoms with Crippen LogP contribution in [-0.2, 0) is 14.3 Å². The fraction of sp³-hybridized carbons (Fsp3) is 0.889. The average molecular weight is 190 g/mol. The topological polar surface area (TPSA) is 55.8 Å². The summed E-state index contributed by atoms with van der Waals surface area (Å²) in [5.74, 6) is -0.369. The summed E-state index contributed by atoms with van der Waals surface area (Å²) in [7, 11) is 1.34. The van der Waals surface area contributed by atoms with Crippen LogP contribution in [0.4, 0.5) is 0 Å². The zero-order chi connectivity index (χ0) is 10.3. The van der Waals surface area contributed by atoms with E-state index in [-0.39, 0.29) is 19.2 Å². The van der Waals surface area contributed by atoms with E-state index >= 15 is 0 Å². The van der Waals surface area contributed by atoms with Gasteiger partial charge in [-0.1, -0.05) is 13.8 Å². The van der Waals surface area contributed by atoms with Gasteiger partial charge in [-0.2, -0.15) is 0 Å². The van der Waals surface area contributed by atoms with Gasteiger partial charge in [0.2, 0.25) is 0 Å². The Labute approximate surface area is 78.8 Å². The third kappa shape index (κ3) is 2.97. The first-order valence-corrected chi connectivity index (χ1v) is 4.50. The van der Waals surface area contributed by atoms with E-state index in [9.17, 15) is 4.79 Å². The standard InChI is InChI=1S/C9H18O4/c1-4-9(5-2,8(11)12-3)13-7-6-10/h10H,4-7H2,1-3H3. The molecule has 13 heavy (non-hydrogen) atoms. The Hall–Kier alpha value is -0.610. The van der Waals surface area contributed by atoms with Crippen LogP contribution >= 0.6 is 0 Å². The number of aliphatic hydroxyl groups is 1. The minimum Gasteiger partial charge on any atom is -0.467 e. The number of carbonyl (C=O) groups excluding carboxylic acids is 1. The largest absolute Gasteiger partial charge is 0.467 e. The molecule has 4 nitrogen and oxygen atoms in total. The first-order chi connectivity index (χ1) is 6.16. The van der Waals surface area contributed by atoms with Crippen LogP contribution in [0.5, 0.6) is 0 Å². The van der Waals surface area contributed by atoms with Crippen LogP contribution in [0.25, 0.3) is 0 Å². The molecule has 4 heteroatoms. The van der Waals surface area contributed by atoms with Gasteiger partial charge in [0.1, 0.15) is 0 Å². The lowest BCUT2D eigenvalue weighted by Crippen LogP contribution is -2.42. The highest BCUT2D eigenvalue weighted by Crippen LogP contribution is 2.21. The summed E-state index contributed by atoms with van der Waals surface area (Å²) in [6.45, 7) is 3.80. The van der Waals surface area contributed by atoms with Gasteiger partial charge in [-0.15, -0.1) is 0 Å². The van der Waals surface area contributed by atoms with E-state index in [2.05, 4.69) is 4.74 Å². The van der Waals surface area contributed by atoms with E-state index in [0.717, 1.165) is 0 Å². The van der Waals surface area contributed by atoms with E-state index < -0.39 is 5.60 Å². The molecule has 0 aromatic carbocycles. The highest BCUT2D eigenvalue weighted by molar-refractivity contribution is 5.79. The van der Waals surface area contributed by atoms with Crippen molar-refractivity contribution in [2.75, 3.05) is 20.3 Å². The van der Waals surface area contributed by atoms with Gasteiger partial charge in [0.25, 0.3) is 0 Å². The van der Waals surface area contributed by atoms with Crippen molar-refractivity contribution in [3.8, 4) is 0 Å². The molecule has 0 aliphatic carbocycles. The molecule has 0 atom stereocenters. The van der Waals surface area contributed by atoms with Crippen LogP contribution in [0.1, 0.15) is 26.7 Å². The van der Waals surface area contributed by atoms with Crippen LogP contribution in [0, 0.1) is 0 Å². The second-order valence-corrected chi connectivity index (χ2v) is 2.77. The maximum absolute atomic E-state index is 11.4. The molecular formula is C9H18O4. The summed E-state index contributed by atoms with van der Waals surface area (Å²) < 4.78 is 9.95. The van der Waals surface area contributed by atoms with Crippen LogP contribution in [-0.4, -0.2) is 37.0 Å². The normalized spacial score (nSPS) is 11.4. The Kier molecular flexibility index (Phi) is 5.66. The molecular weight excluding hydrogens is 172 g/mol. The lowest BCUT2D eigenvalue weighted by molar-refractivity contribution is -0.172. The van der Waals surface area contributed by atoms with Gasteiger partial charge in [-0.3, -0.25) is 0 Å². The molecule has 0 aliphatic heterocycles. The van der Waals surface area contributed by atoms with Gasteiger partial charge in [0, 0.05) is 0 Å². The number of ether oxygens (including phenoxy) is 2. The highest BCUT2D eigenvalue weighted by Gasteiger charge is 2.36. The Morgan fingerprint density at radius 1 is 1.38 bits per heavy atom. The Morgan fingerprint density at radius 2 is 1.92 bits per heavy atom. The van der Waals surface area contributed by atoms with Gasteiger partial charge in [0.15, 0.2) is 5.60 Å². The zero-order valence-electron chi connectivity index (χ0n) is 8.50. The van der Waals surface area contributed by atoms with E-state index in [4.69, 9.17) is 9.84 Å². The molecule has 0 bridgehead atoms. The number of hydrogen-bond donors (Lipinski definition) is 1. The average Bonchev–Trinajstić information content (AvgIpc) is 2.19. The summed E-state index contributed by atoms with van der Waals surface area (Å²) in [5.41, 5.74) is -0.878. The van der Waals surface area contributed by atoms with Crippen molar-refractivity contribution in [2.24, 2.45) is 0 Å². The van der Waals surface area contributed by atoms with Crippen molar-refractivity contribution >= 4 is 5.97 Å². The van der Waals surface area contributed by atoms with Crippen molar-refractivity contribution in [1.29, 1.82) is 0 Å². The molecule has 0 rings (SSSR count).